The maximum atomic E-state index is 12.4. The van der Waals surface area contributed by atoms with Crippen LogP contribution in [0.5, 0.6) is 0 Å². The number of aliphatic carboxylic acids is 1. The summed E-state index contributed by atoms with van der Waals surface area (Å²) in [5.74, 6) is -0.587. The molecule has 3 N–H and O–H groups in total. The van der Waals surface area contributed by atoms with Gasteiger partial charge in [-0.15, -0.1) is 0 Å². The van der Waals surface area contributed by atoms with E-state index in [-0.39, 0.29) is 24.3 Å². The average molecular weight is 375 g/mol. The first kappa shape index (κ1) is 20.7. The van der Waals surface area contributed by atoms with Crippen LogP contribution in [0.3, 0.4) is 0 Å². The third-order valence-electron chi connectivity index (χ3n) is 4.57. The quantitative estimate of drug-likeness (QED) is 0.682. The number of rotatable bonds is 7. The van der Waals surface area contributed by atoms with Crippen molar-refractivity contribution in [2.24, 2.45) is 11.8 Å². The number of likely N-dealkylation sites (tertiary alicyclic amines) is 1. The van der Waals surface area contributed by atoms with Crippen molar-refractivity contribution in [3.8, 4) is 0 Å². The van der Waals surface area contributed by atoms with Gasteiger partial charge in [0.1, 0.15) is 0 Å². The minimum absolute atomic E-state index is 0.0689. The van der Waals surface area contributed by atoms with Gasteiger partial charge in [-0.05, 0) is 36.3 Å². The molecule has 3 amide bonds. The number of carboxylic acid groups (broad SMARTS) is 1. The summed E-state index contributed by atoms with van der Waals surface area (Å²) in [6.45, 7) is 6.01. The SMILES string of the molecule is CC(C)CNC(=O)N1CCCC(CC(=O)Nc2ccccc2CC(=O)O)C1. The highest BCUT2D eigenvalue weighted by molar-refractivity contribution is 5.92. The molecule has 1 aromatic rings. The van der Waals surface area contributed by atoms with Crippen LogP contribution >= 0.6 is 0 Å². The van der Waals surface area contributed by atoms with Gasteiger partial charge in [0.2, 0.25) is 5.91 Å². The van der Waals surface area contributed by atoms with Crippen molar-refractivity contribution in [2.45, 2.75) is 39.5 Å². The fraction of sp³-hybridized carbons (Fsp3) is 0.550. The van der Waals surface area contributed by atoms with E-state index in [1.807, 2.05) is 13.8 Å². The fourth-order valence-corrected chi connectivity index (χ4v) is 3.24. The van der Waals surface area contributed by atoms with E-state index in [1.165, 1.54) is 0 Å². The molecule has 1 fully saturated rings. The van der Waals surface area contributed by atoms with Gasteiger partial charge in [-0.2, -0.15) is 0 Å². The van der Waals surface area contributed by atoms with Crippen LogP contribution in [0, 0.1) is 11.8 Å². The molecule has 148 valence electrons. The van der Waals surface area contributed by atoms with Gasteiger partial charge in [0.05, 0.1) is 6.42 Å². The Bertz CT molecular complexity index is 675. The van der Waals surface area contributed by atoms with E-state index in [0.717, 1.165) is 12.8 Å². The predicted molar refractivity (Wildman–Crippen MR) is 104 cm³/mol. The van der Waals surface area contributed by atoms with Gasteiger partial charge in [-0.3, -0.25) is 9.59 Å². The fourth-order valence-electron chi connectivity index (χ4n) is 3.24. The molecular weight excluding hydrogens is 346 g/mol. The number of amides is 3. The molecule has 7 nitrogen and oxygen atoms in total. The highest BCUT2D eigenvalue weighted by Crippen LogP contribution is 2.22. The molecule has 2 rings (SSSR count). The van der Waals surface area contributed by atoms with Crippen LogP contribution in [-0.4, -0.2) is 47.5 Å². The highest BCUT2D eigenvalue weighted by Gasteiger charge is 2.25. The summed E-state index contributed by atoms with van der Waals surface area (Å²) in [5, 5.41) is 14.7. The van der Waals surface area contributed by atoms with Gasteiger partial charge in [0.15, 0.2) is 0 Å². The van der Waals surface area contributed by atoms with Crippen LogP contribution in [0.2, 0.25) is 0 Å². The molecule has 1 aromatic carbocycles. The predicted octanol–water partition coefficient (Wildman–Crippen LogP) is 2.72. The molecule has 1 saturated heterocycles. The van der Waals surface area contributed by atoms with Crippen LogP contribution in [0.4, 0.5) is 10.5 Å². The number of carboxylic acids is 1. The third-order valence-corrected chi connectivity index (χ3v) is 4.57. The number of hydrogen-bond acceptors (Lipinski definition) is 3. The number of piperidine rings is 1. The van der Waals surface area contributed by atoms with Gasteiger partial charge in [-0.1, -0.05) is 32.0 Å². The Morgan fingerprint density at radius 3 is 2.70 bits per heavy atom. The number of nitrogens with zero attached hydrogens (tertiary/aromatic N) is 1. The molecule has 0 aliphatic carbocycles. The smallest absolute Gasteiger partial charge is 0.317 e. The van der Waals surface area contributed by atoms with E-state index in [4.69, 9.17) is 5.11 Å². The topological polar surface area (TPSA) is 98.7 Å². The maximum absolute atomic E-state index is 12.4. The first-order chi connectivity index (χ1) is 12.8. The largest absolute Gasteiger partial charge is 0.481 e. The molecule has 0 spiro atoms. The van der Waals surface area contributed by atoms with Crippen LogP contribution in [0.1, 0.15) is 38.7 Å². The minimum atomic E-state index is -0.938. The zero-order valence-corrected chi connectivity index (χ0v) is 16.0. The van der Waals surface area contributed by atoms with Gasteiger partial charge in [0.25, 0.3) is 0 Å². The van der Waals surface area contributed by atoms with Crippen molar-refractivity contribution >= 4 is 23.6 Å². The standard InChI is InChI=1S/C20H29N3O4/c1-14(2)12-21-20(27)23-9-5-6-15(13-23)10-18(24)22-17-8-4-3-7-16(17)11-19(25)26/h3-4,7-8,14-15H,5-6,9-13H2,1-2H3,(H,21,27)(H,22,24)(H,25,26). The molecule has 7 heteroatoms. The minimum Gasteiger partial charge on any atom is -0.481 e. The summed E-state index contributed by atoms with van der Waals surface area (Å²) in [7, 11) is 0. The number of nitrogens with one attached hydrogen (secondary N) is 2. The second kappa shape index (κ2) is 9.94. The zero-order chi connectivity index (χ0) is 19.8. The number of hydrogen-bond donors (Lipinski definition) is 3. The number of para-hydroxylation sites is 1. The second-order valence-corrected chi connectivity index (χ2v) is 7.51. The van der Waals surface area contributed by atoms with E-state index in [0.29, 0.717) is 43.2 Å². The first-order valence-electron chi connectivity index (χ1n) is 9.47. The van der Waals surface area contributed by atoms with Crippen molar-refractivity contribution in [1.82, 2.24) is 10.2 Å². The molecule has 1 atom stereocenters. The van der Waals surface area contributed by atoms with Crippen LogP contribution < -0.4 is 10.6 Å². The first-order valence-corrected chi connectivity index (χ1v) is 9.47. The molecule has 27 heavy (non-hydrogen) atoms. The Kier molecular flexibility index (Phi) is 7.64. The van der Waals surface area contributed by atoms with Gasteiger partial charge in [-0.25, -0.2) is 4.79 Å². The number of benzene rings is 1. The molecular formula is C20H29N3O4. The van der Waals surface area contributed by atoms with Crippen LogP contribution in [0.25, 0.3) is 0 Å². The molecule has 1 aliphatic heterocycles. The molecule has 1 heterocycles. The lowest BCUT2D eigenvalue weighted by molar-refractivity contribution is -0.136. The van der Waals surface area contributed by atoms with Gasteiger partial charge < -0.3 is 20.6 Å². The lowest BCUT2D eigenvalue weighted by Gasteiger charge is -2.32. The summed E-state index contributed by atoms with van der Waals surface area (Å²) in [4.78, 5) is 37.4. The number of carbonyl (C=O) groups excluding carboxylic acids is 2. The summed E-state index contributed by atoms with van der Waals surface area (Å²) in [6, 6.07) is 6.86. The Labute approximate surface area is 160 Å². The molecule has 0 saturated carbocycles. The Balaban J connectivity index is 1.88. The Morgan fingerprint density at radius 1 is 1.26 bits per heavy atom. The Hall–Kier alpha value is -2.57. The second-order valence-electron chi connectivity index (χ2n) is 7.51. The van der Waals surface area contributed by atoms with Crippen molar-refractivity contribution in [3.05, 3.63) is 29.8 Å². The van der Waals surface area contributed by atoms with Gasteiger partial charge in [0, 0.05) is 31.7 Å². The van der Waals surface area contributed by atoms with E-state index >= 15 is 0 Å². The molecule has 0 bridgehead atoms. The van der Waals surface area contributed by atoms with E-state index < -0.39 is 5.97 Å². The van der Waals surface area contributed by atoms with E-state index in [2.05, 4.69) is 10.6 Å². The lowest BCUT2D eigenvalue weighted by atomic mass is 9.94. The summed E-state index contributed by atoms with van der Waals surface area (Å²) < 4.78 is 0. The Morgan fingerprint density at radius 2 is 2.00 bits per heavy atom. The number of carbonyl (C=O) groups is 3. The monoisotopic (exact) mass is 375 g/mol. The summed E-state index contributed by atoms with van der Waals surface area (Å²) >= 11 is 0. The van der Waals surface area contributed by atoms with Crippen LogP contribution in [0.15, 0.2) is 24.3 Å². The van der Waals surface area contributed by atoms with Crippen molar-refractivity contribution in [2.75, 3.05) is 25.0 Å². The van der Waals surface area contributed by atoms with Crippen molar-refractivity contribution in [1.29, 1.82) is 0 Å². The highest BCUT2D eigenvalue weighted by atomic mass is 16.4. The average Bonchev–Trinajstić information content (AvgIpc) is 2.61. The summed E-state index contributed by atoms with van der Waals surface area (Å²) in [6.07, 6.45) is 1.96. The third kappa shape index (κ3) is 6.92. The molecule has 1 aliphatic rings. The normalized spacial score (nSPS) is 16.9. The molecule has 0 aromatic heterocycles. The maximum Gasteiger partial charge on any atom is 0.317 e. The van der Waals surface area contributed by atoms with Crippen molar-refractivity contribution < 1.29 is 19.5 Å². The zero-order valence-electron chi connectivity index (χ0n) is 16.0. The molecule has 0 radical (unpaired) electrons. The summed E-state index contributed by atoms with van der Waals surface area (Å²) in [5.41, 5.74) is 1.11. The van der Waals surface area contributed by atoms with E-state index in [9.17, 15) is 14.4 Å². The number of anilines is 1. The van der Waals surface area contributed by atoms with Crippen LogP contribution in [-0.2, 0) is 16.0 Å². The van der Waals surface area contributed by atoms with Gasteiger partial charge >= 0.3 is 12.0 Å². The van der Waals surface area contributed by atoms with E-state index in [1.54, 1.807) is 29.2 Å². The lowest BCUT2D eigenvalue weighted by Crippen LogP contribution is -2.46. The molecule has 1 unspecified atom stereocenters. The number of urea groups is 1. The van der Waals surface area contributed by atoms with Crippen molar-refractivity contribution in [3.63, 3.8) is 0 Å².